The fourth-order valence-corrected chi connectivity index (χ4v) is 2.81. The topological polar surface area (TPSA) is 65.5 Å². The minimum atomic E-state index is -0.0853. The van der Waals surface area contributed by atoms with Crippen LogP contribution in [0.25, 0.3) is 0 Å². The Balaban J connectivity index is 2.00. The summed E-state index contributed by atoms with van der Waals surface area (Å²) in [4.78, 5) is 16.4. The number of carbonyl (C=O) groups excluding carboxylic acids is 1. The van der Waals surface area contributed by atoms with Crippen LogP contribution in [-0.4, -0.2) is 32.0 Å². The van der Waals surface area contributed by atoms with Gasteiger partial charge >= 0.3 is 0 Å². The second kappa shape index (κ2) is 10.4. The van der Waals surface area contributed by atoms with Crippen LogP contribution in [0.1, 0.15) is 46.8 Å². The molecule has 0 saturated carbocycles. The SMILES string of the molecule is CCNC(=NCc1cccc(C(=O)NC)c1)NCC(C)c1cccc(C)c1. The van der Waals surface area contributed by atoms with Gasteiger partial charge in [0.2, 0.25) is 0 Å². The second-order valence-electron chi connectivity index (χ2n) is 6.67. The van der Waals surface area contributed by atoms with E-state index in [4.69, 9.17) is 0 Å². The third-order valence-electron chi connectivity index (χ3n) is 4.37. The van der Waals surface area contributed by atoms with Crippen molar-refractivity contribution in [1.82, 2.24) is 16.0 Å². The predicted octanol–water partition coefficient (Wildman–Crippen LogP) is 3.21. The fourth-order valence-electron chi connectivity index (χ4n) is 2.81. The van der Waals surface area contributed by atoms with Gasteiger partial charge in [-0.3, -0.25) is 4.79 Å². The molecule has 0 aliphatic carbocycles. The highest BCUT2D eigenvalue weighted by atomic mass is 16.1. The number of hydrogen-bond acceptors (Lipinski definition) is 2. The van der Waals surface area contributed by atoms with Gasteiger partial charge in [-0.05, 0) is 43.0 Å². The van der Waals surface area contributed by atoms with Crippen LogP contribution >= 0.6 is 0 Å². The van der Waals surface area contributed by atoms with Gasteiger partial charge in [0.1, 0.15) is 0 Å². The Morgan fingerprint density at radius 3 is 2.59 bits per heavy atom. The Kier molecular flexibility index (Phi) is 7.86. The average Bonchev–Trinajstić information content (AvgIpc) is 2.69. The van der Waals surface area contributed by atoms with Crippen LogP contribution in [0, 0.1) is 6.92 Å². The molecule has 0 heterocycles. The molecule has 0 aromatic heterocycles. The van der Waals surface area contributed by atoms with Gasteiger partial charge in [0.05, 0.1) is 6.54 Å². The summed E-state index contributed by atoms with van der Waals surface area (Å²) < 4.78 is 0. The van der Waals surface area contributed by atoms with Crippen molar-refractivity contribution >= 4 is 11.9 Å². The Hall–Kier alpha value is -2.82. The number of hydrogen-bond donors (Lipinski definition) is 3. The standard InChI is InChI=1S/C22H30N4O/c1-5-24-22(25-14-17(3)19-10-6-8-16(2)12-19)26-15-18-9-7-11-20(13-18)21(27)23-4/h6-13,17H,5,14-15H2,1-4H3,(H,23,27)(H2,24,25,26). The van der Waals surface area contributed by atoms with E-state index in [0.29, 0.717) is 18.0 Å². The van der Waals surface area contributed by atoms with Crippen molar-refractivity contribution < 1.29 is 4.79 Å². The summed E-state index contributed by atoms with van der Waals surface area (Å²) in [6, 6.07) is 16.1. The molecule has 3 N–H and O–H groups in total. The van der Waals surface area contributed by atoms with Crippen molar-refractivity contribution in [2.75, 3.05) is 20.1 Å². The Morgan fingerprint density at radius 2 is 1.89 bits per heavy atom. The molecule has 5 nitrogen and oxygen atoms in total. The largest absolute Gasteiger partial charge is 0.357 e. The molecule has 1 atom stereocenters. The number of aliphatic imine (C=N–C) groups is 1. The first-order valence-electron chi connectivity index (χ1n) is 9.43. The molecule has 2 rings (SSSR count). The molecule has 0 saturated heterocycles. The van der Waals surface area contributed by atoms with E-state index < -0.39 is 0 Å². The number of rotatable bonds is 7. The first-order valence-corrected chi connectivity index (χ1v) is 9.43. The van der Waals surface area contributed by atoms with Crippen LogP contribution in [0.15, 0.2) is 53.5 Å². The number of nitrogens with one attached hydrogen (secondary N) is 3. The smallest absolute Gasteiger partial charge is 0.251 e. The maximum Gasteiger partial charge on any atom is 0.251 e. The molecule has 0 bridgehead atoms. The summed E-state index contributed by atoms with van der Waals surface area (Å²) in [5.74, 6) is 1.07. The first kappa shape index (κ1) is 20.5. The highest BCUT2D eigenvalue weighted by Gasteiger charge is 2.07. The third kappa shape index (κ3) is 6.44. The van der Waals surface area contributed by atoms with Crippen LogP contribution in [0.5, 0.6) is 0 Å². The maximum absolute atomic E-state index is 11.8. The van der Waals surface area contributed by atoms with Crippen LogP contribution in [0.3, 0.4) is 0 Å². The lowest BCUT2D eigenvalue weighted by atomic mass is 9.99. The summed E-state index contributed by atoms with van der Waals surface area (Å²) in [7, 11) is 1.63. The number of nitrogens with zero attached hydrogens (tertiary/aromatic N) is 1. The van der Waals surface area contributed by atoms with Gasteiger partial charge in [0, 0.05) is 25.7 Å². The molecule has 0 aliphatic heterocycles. The molecule has 1 unspecified atom stereocenters. The Labute approximate surface area is 162 Å². The molecule has 0 fully saturated rings. The van der Waals surface area contributed by atoms with Crippen LogP contribution < -0.4 is 16.0 Å². The van der Waals surface area contributed by atoms with Crippen molar-refractivity contribution in [2.45, 2.75) is 33.2 Å². The zero-order valence-electron chi connectivity index (χ0n) is 16.7. The van der Waals surface area contributed by atoms with Gasteiger partial charge in [0.15, 0.2) is 5.96 Å². The van der Waals surface area contributed by atoms with Crippen molar-refractivity contribution in [3.8, 4) is 0 Å². The Bertz CT molecular complexity index is 785. The number of guanidine groups is 1. The number of benzene rings is 2. The van der Waals surface area contributed by atoms with Gasteiger partial charge in [-0.25, -0.2) is 4.99 Å². The molecule has 0 radical (unpaired) electrons. The monoisotopic (exact) mass is 366 g/mol. The van der Waals surface area contributed by atoms with Gasteiger partial charge in [-0.2, -0.15) is 0 Å². The van der Waals surface area contributed by atoms with Crippen molar-refractivity contribution in [2.24, 2.45) is 4.99 Å². The molecule has 1 amide bonds. The van der Waals surface area contributed by atoms with Gasteiger partial charge < -0.3 is 16.0 Å². The maximum atomic E-state index is 11.8. The minimum absolute atomic E-state index is 0.0853. The first-order chi connectivity index (χ1) is 13.0. The Morgan fingerprint density at radius 1 is 1.11 bits per heavy atom. The lowest BCUT2D eigenvalue weighted by Gasteiger charge is -2.16. The summed E-state index contributed by atoms with van der Waals surface area (Å²) in [6.45, 7) is 8.48. The van der Waals surface area contributed by atoms with E-state index in [1.165, 1.54) is 11.1 Å². The van der Waals surface area contributed by atoms with Crippen LogP contribution in [-0.2, 0) is 6.54 Å². The highest BCUT2D eigenvalue weighted by molar-refractivity contribution is 5.94. The zero-order valence-corrected chi connectivity index (χ0v) is 16.7. The van der Waals surface area contributed by atoms with E-state index in [-0.39, 0.29) is 5.91 Å². The molecule has 144 valence electrons. The van der Waals surface area contributed by atoms with Crippen LogP contribution in [0.2, 0.25) is 0 Å². The molecule has 2 aromatic rings. The van der Waals surface area contributed by atoms with Gasteiger partial charge in [0.25, 0.3) is 5.91 Å². The zero-order chi connectivity index (χ0) is 19.6. The molecular formula is C22H30N4O. The van der Waals surface area contributed by atoms with Crippen molar-refractivity contribution in [3.63, 3.8) is 0 Å². The lowest BCUT2D eigenvalue weighted by Crippen LogP contribution is -2.39. The molecule has 27 heavy (non-hydrogen) atoms. The molecule has 2 aromatic carbocycles. The number of amides is 1. The van der Waals surface area contributed by atoms with Crippen molar-refractivity contribution in [1.29, 1.82) is 0 Å². The number of aryl methyl sites for hydroxylation is 1. The summed E-state index contributed by atoms with van der Waals surface area (Å²) in [6.07, 6.45) is 0. The fraction of sp³-hybridized carbons (Fsp3) is 0.364. The van der Waals surface area contributed by atoms with E-state index >= 15 is 0 Å². The third-order valence-corrected chi connectivity index (χ3v) is 4.37. The van der Waals surface area contributed by atoms with E-state index in [2.05, 4.69) is 59.1 Å². The van der Waals surface area contributed by atoms with E-state index in [1.54, 1.807) is 13.1 Å². The normalized spacial score (nSPS) is 12.4. The number of carbonyl (C=O) groups is 1. The van der Waals surface area contributed by atoms with Gasteiger partial charge in [-0.1, -0.05) is 48.9 Å². The van der Waals surface area contributed by atoms with Gasteiger partial charge in [-0.15, -0.1) is 0 Å². The summed E-state index contributed by atoms with van der Waals surface area (Å²) >= 11 is 0. The molecule has 0 spiro atoms. The predicted molar refractivity (Wildman–Crippen MR) is 112 cm³/mol. The van der Waals surface area contributed by atoms with E-state index in [9.17, 15) is 4.79 Å². The quantitative estimate of drug-likeness (QED) is 0.521. The van der Waals surface area contributed by atoms with E-state index in [1.807, 2.05) is 25.1 Å². The molecule has 5 heteroatoms. The average molecular weight is 367 g/mol. The highest BCUT2D eigenvalue weighted by Crippen LogP contribution is 2.15. The second-order valence-corrected chi connectivity index (χ2v) is 6.67. The lowest BCUT2D eigenvalue weighted by molar-refractivity contribution is 0.0963. The summed E-state index contributed by atoms with van der Waals surface area (Å²) in [5.41, 5.74) is 4.24. The van der Waals surface area contributed by atoms with E-state index in [0.717, 1.165) is 24.6 Å². The molecule has 0 aliphatic rings. The summed E-state index contributed by atoms with van der Waals surface area (Å²) in [5, 5.41) is 9.34. The van der Waals surface area contributed by atoms with Crippen molar-refractivity contribution in [3.05, 3.63) is 70.8 Å². The molecular weight excluding hydrogens is 336 g/mol. The van der Waals surface area contributed by atoms with Crippen LogP contribution in [0.4, 0.5) is 0 Å². The minimum Gasteiger partial charge on any atom is -0.357 e.